The van der Waals surface area contributed by atoms with Crippen molar-refractivity contribution in [3.05, 3.63) is 10.5 Å². The minimum absolute atomic E-state index is 0.200. The summed E-state index contributed by atoms with van der Waals surface area (Å²) in [5.41, 5.74) is 4.19. The van der Waals surface area contributed by atoms with E-state index in [4.69, 9.17) is 10.8 Å². The predicted molar refractivity (Wildman–Crippen MR) is 66.7 cm³/mol. The number of thioether (sulfide) groups is 1. The summed E-state index contributed by atoms with van der Waals surface area (Å²) in [6.45, 7) is 1.48. The molecule has 100 valence electrons. The van der Waals surface area contributed by atoms with E-state index in [1.807, 2.05) is 0 Å². The van der Waals surface area contributed by atoms with Gasteiger partial charge in [-0.15, -0.1) is 5.10 Å². The number of carboxylic acids is 1. The smallest absolute Gasteiger partial charge is 0.344 e. The Morgan fingerprint density at radius 3 is 2.94 bits per heavy atom. The fraction of sp³-hybridized carbons (Fsp3) is 0.700. The summed E-state index contributed by atoms with van der Waals surface area (Å²) < 4.78 is 1.64. The van der Waals surface area contributed by atoms with Gasteiger partial charge in [-0.25, -0.2) is 9.89 Å². The number of nitrogens with two attached hydrogens (primary N) is 1. The Labute approximate surface area is 108 Å². The van der Waals surface area contributed by atoms with Crippen LogP contribution in [0.4, 0.5) is 0 Å². The molecule has 1 aliphatic carbocycles. The lowest BCUT2D eigenvalue weighted by molar-refractivity contribution is -0.142. The SMILES string of the molecule is CC(N)(CCSc1n[nH]c(=O)n1C1CC1)C(=O)O. The molecule has 0 spiro atoms. The molecule has 0 amide bonds. The third kappa shape index (κ3) is 2.75. The first-order valence-corrected chi connectivity index (χ1v) is 6.72. The van der Waals surface area contributed by atoms with Crippen LogP contribution in [0.2, 0.25) is 0 Å². The molecule has 0 saturated heterocycles. The molecule has 1 saturated carbocycles. The number of aromatic nitrogens is 3. The van der Waals surface area contributed by atoms with Crippen LogP contribution in [-0.2, 0) is 4.79 Å². The highest BCUT2D eigenvalue weighted by atomic mass is 32.2. The molecule has 1 atom stereocenters. The molecule has 7 nitrogen and oxygen atoms in total. The zero-order chi connectivity index (χ0) is 13.3. The molecular weight excluding hydrogens is 256 g/mol. The number of rotatable bonds is 6. The van der Waals surface area contributed by atoms with Gasteiger partial charge < -0.3 is 10.8 Å². The number of aromatic amines is 1. The van der Waals surface area contributed by atoms with Gasteiger partial charge in [-0.3, -0.25) is 9.36 Å². The first-order valence-electron chi connectivity index (χ1n) is 5.74. The van der Waals surface area contributed by atoms with Crippen LogP contribution >= 0.6 is 11.8 Å². The van der Waals surface area contributed by atoms with Gasteiger partial charge in [-0.2, -0.15) is 0 Å². The van der Waals surface area contributed by atoms with Crippen molar-refractivity contribution >= 4 is 17.7 Å². The predicted octanol–water partition coefficient (Wildman–Crippen LogP) is 0.190. The Morgan fingerprint density at radius 2 is 2.39 bits per heavy atom. The van der Waals surface area contributed by atoms with Crippen molar-refractivity contribution in [2.75, 3.05) is 5.75 Å². The van der Waals surface area contributed by atoms with E-state index in [2.05, 4.69) is 10.2 Å². The quantitative estimate of drug-likeness (QED) is 0.637. The molecule has 0 bridgehead atoms. The molecular formula is C10H16N4O3S. The van der Waals surface area contributed by atoms with Crippen LogP contribution in [0.3, 0.4) is 0 Å². The lowest BCUT2D eigenvalue weighted by Gasteiger charge is -2.18. The van der Waals surface area contributed by atoms with Crippen molar-refractivity contribution < 1.29 is 9.90 Å². The zero-order valence-electron chi connectivity index (χ0n) is 10.0. The van der Waals surface area contributed by atoms with Gasteiger partial charge in [0.05, 0.1) is 0 Å². The van der Waals surface area contributed by atoms with Gasteiger partial charge >= 0.3 is 11.7 Å². The fourth-order valence-electron chi connectivity index (χ4n) is 1.51. The molecule has 1 aromatic heterocycles. The van der Waals surface area contributed by atoms with Gasteiger partial charge in [0.15, 0.2) is 5.16 Å². The summed E-state index contributed by atoms with van der Waals surface area (Å²) in [6, 6.07) is 0.252. The molecule has 0 aromatic carbocycles. The van der Waals surface area contributed by atoms with Crippen molar-refractivity contribution in [3.63, 3.8) is 0 Å². The Hall–Kier alpha value is -1.28. The van der Waals surface area contributed by atoms with Gasteiger partial charge in [0.1, 0.15) is 5.54 Å². The van der Waals surface area contributed by atoms with Gasteiger partial charge in [0, 0.05) is 11.8 Å². The zero-order valence-corrected chi connectivity index (χ0v) is 10.9. The lowest BCUT2D eigenvalue weighted by Crippen LogP contribution is -2.45. The molecule has 1 unspecified atom stereocenters. The molecule has 0 radical (unpaired) electrons. The minimum Gasteiger partial charge on any atom is -0.480 e. The van der Waals surface area contributed by atoms with Gasteiger partial charge in [-0.05, 0) is 26.2 Å². The first kappa shape index (κ1) is 13.2. The van der Waals surface area contributed by atoms with Crippen LogP contribution in [0.1, 0.15) is 32.2 Å². The summed E-state index contributed by atoms with van der Waals surface area (Å²) in [4.78, 5) is 22.3. The van der Waals surface area contributed by atoms with E-state index in [-0.39, 0.29) is 11.7 Å². The van der Waals surface area contributed by atoms with Crippen molar-refractivity contribution in [3.8, 4) is 0 Å². The second kappa shape index (κ2) is 4.77. The first-order chi connectivity index (χ1) is 8.42. The molecule has 4 N–H and O–H groups in total. The summed E-state index contributed by atoms with van der Waals surface area (Å²) in [5, 5.41) is 15.9. The lowest BCUT2D eigenvalue weighted by atomic mass is 10.0. The van der Waals surface area contributed by atoms with E-state index in [1.165, 1.54) is 18.7 Å². The molecule has 1 aliphatic rings. The van der Waals surface area contributed by atoms with Crippen LogP contribution in [-0.4, -0.2) is 37.1 Å². The van der Waals surface area contributed by atoms with E-state index in [0.717, 1.165) is 12.8 Å². The molecule has 18 heavy (non-hydrogen) atoms. The maximum atomic E-state index is 11.5. The highest BCUT2D eigenvalue weighted by Gasteiger charge is 2.30. The average molecular weight is 272 g/mol. The van der Waals surface area contributed by atoms with Crippen LogP contribution in [0.5, 0.6) is 0 Å². The largest absolute Gasteiger partial charge is 0.480 e. The number of hydrogen-bond donors (Lipinski definition) is 3. The average Bonchev–Trinajstić information content (AvgIpc) is 3.04. The fourth-order valence-corrected chi connectivity index (χ4v) is 2.70. The molecule has 8 heteroatoms. The molecule has 1 heterocycles. The van der Waals surface area contributed by atoms with E-state index >= 15 is 0 Å². The number of nitrogens with zero attached hydrogens (tertiary/aromatic N) is 2. The second-order valence-electron chi connectivity index (χ2n) is 4.73. The maximum absolute atomic E-state index is 11.5. The summed E-state index contributed by atoms with van der Waals surface area (Å²) in [7, 11) is 0. The Morgan fingerprint density at radius 1 is 1.72 bits per heavy atom. The second-order valence-corrected chi connectivity index (χ2v) is 5.80. The van der Waals surface area contributed by atoms with Gasteiger partial charge in [0.25, 0.3) is 0 Å². The number of H-pyrrole nitrogens is 1. The standard InChI is InChI=1S/C10H16N4O3S/c1-10(11,7(15)16)4-5-18-9-13-12-8(17)14(9)6-2-3-6/h6H,2-5,11H2,1H3,(H,12,17)(H,15,16). The molecule has 1 aromatic rings. The van der Waals surface area contributed by atoms with Crippen molar-refractivity contribution in [1.29, 1.82) is 0 Å². The van der Waals surface area contributed by atoms with Crippen molar-refractivity contribution in [2.24, 2.45) is 5.73 Å². The van der Waals surface area contributed by atoms with Crippen LogP contribution in [0.25, 0.3) is 0 Å². The summed E-state index contributed by atoms with van der Waals surface area (Å²) in [5.74, 6) is -0.513. The minimum atomic E-state index is -1.24. The normalized spacial score (nSPS) is 18.6. The Bertz CT molecular complexity index is 503. The number of carboxylic acid groups (broad SMARTS) is 1. The van der Waals surface area contributed by atoms with Crippen LogP contribution < -0.4 is 11.4 Å². The topological polar surface area (TPSA) is 114 Å². The van der Waals surface area contributed by atoms with Crippen LogP contribution in [0, 0.1) is 0 Å². The van der Waals surface area contributed by atoms with Crippen molar-refractivity contribution in [1.82, 2.24) is 14.8 Å². The number of aliphatic carboxylic acids is 1. The molecule has 2 rings (SSSR count). The Kier molecular flexibility index (Phi) is 3.49. The maximum Gasteiger partial charge on any atom is 0.344 e. The highest BCUT2D eigenvalue weighted by Crippen LogP contribution is 2.36. The highest BCUT2D eigenvalue weighted by molar-refractivity contribution is 7.99. The number of carbonyl (C=O) groups is 1. The van der Waals surface area contributed by atoms with Crippen molar-refractivity contribution in [2.45, 2.75) is 42.9 Å². The monoisotopic (exact) mass is 272 g/mol. The number of hydrogen-bond acceptors (Lipinski definition) is 5. The summed E-state index contributed by atoms with van der Waals surface area (Å²) >= 11 is 1.36. The van der Waals surface area contributed by atoms with Crippen LogP contribution in [0.15, 0.2) is 9.95 Å². The van der Waals surface area contributed by atoms with E-state index in [9.17, 15) is 9.59 Å². The van der Waals surface area contributed by atoms with E-state index in [0.29, 0.717) is 17.3 Å². The third-order valence-corrected chi connectivity index (χ3v) is 3.88. The summed E-state index contributed by atoms with van der Waals surface area (Å²) in [6.07, 6.45) is 2.31. The Balaban J connectivity index is 1.95. The van der Waals surface area contributed by atoms with E-state index in [1.54, 1.807) is 4.57 Å². The molecule has 0 aliphatic heterocycles. The number of nitrogens with one attached hydrogen (secondary N) is 1. The molecule has 1 fully saturated rings. The van der Waals surface area contributed by atoms with Gasteiger partial charge in [-0.1, -0.05) is 11.8 Å². The van der Waals surface area contributed by atoms with E-state index < -0.39 is 11.5 Å². The third-order valence-electron chi connectivity index (χ3n) is 2.93. The van der Waals surface area contributed by atoms with Gasteiger partial charge in [0.2, 0.25) is 0 Å².